The molecule has 0 unspecified atom stereocenters. The van der Waals surface area contributed by atoms with Crippen LogP contribution in [0.5, 0.6) is 0 Å². The molecule has 0 spiro atoms. The van der Waals surface area contributed by atoms with Gasteiger partial charge in [0.15, 0.2) is 0 Å². The number of aliphatic carboxylic acids is 1. The van der Waals surface area contributed by atoms with E-state index in [4.69, 9.17) is 10.8 Å². The van der Waals surface area contributed by atoms with Crippen molar-refractivity contribution < 1.29 is 9.90 Å². The van der Waals surface area contributed by atoms with E-state index in [1.54, 1.807) is 5.57 Å². The number of carboxylic acids is 1. The molecule has 0 amide bonds. The lowest BCUT2D eigenvalue weighted by molar-refractivity contribution is -0.144. The smallest absolute Gasteiger partial charge is 0.303 e. The Morgan fingerprint density at radius 2 is 2.16 bits per heavy atom. The van der Waals surface area contributed by atoms with E-state index in [1.807, 2.05) is 0 Å². The fourth-order valence-corrected chi connectivity index (χ4v) is 4.44. The maximum Gasteiger partial charge on any atom is 0.303 e. The van der Waals surface area contributed by atoms with Gasteiger partial charge in [-0.2, -0.15) is 0 Å². The van der Waals surface area contributed by atoms with Crippen molar-refractivity contribution in [1.82, 2.24) is 0 Å². The van der Waals surface area contributed by atoms with Crippen LogP contribution in [0.15, 0.2) is 23.8 Å². The third-order valence-corrected chi connectivity index (χ3v) is 5.39. The predicted molar refractivity (Wildman–Crippen MR) is 74.5 cm³/mol. The first-order valence-electron chi connectivity index (χ1n) is 7.39. The summed E-state index contributed by atoms with van der Waals surface area (Å²) in [5.74, 6) is 1.19. The van der Waals surface area contributed by atoms with Crippen LogP contribution in [0.25, 0.3) is 0 Å². The number of carboxylic acid groups (broad SMARTS) is 1. The molecule has 0 aromatic heterocycles. The highest BCUT2D eigenvalue weighted by Crippen LogP contribution is 2.59. The van der Waals surface area contributed by atoms with Gasteiger partial charge in [-0.1, -0.05) is 23.8 Å². The van der Waals surface area contributed by atoms with Crippen LogP contribution in [0, 0.1) is 23.2 Å². The van der Waals surface area contributed by atoms with Crippen LogP contribution in [0.2, 0.25) is 0 Å². The topological polar surface area (TPSA) is 63.3 Å². The minimum atomic E-state index is -0.703. The van der Waals surface area contributed by atoms with Gasteiger partial charge in [-0.15, -0.1) is 0 Å². The highest BCUT2D eigenvalue weighted by molar-refractivity contribution is 5.68. The molecule has 3 heteroatoms. The van der Waals surface area contributed by atoms with Crippen LogP contribution in [0.3, 0.4) is 0 Å². The van der Waals surface area contributed by atoms with E-state index in [0.29, 0.717) is 18.4 Å². The van der Waals surface area contributed by atoms with Gasteiger partial charge < -0.3 is 10.8 Å². The molecule has 1 saturated carbocycles. The highest BCUT2D eigenvalue weighted by Gasteiger charge is 2.54. The zero-order chi connectivity index (χ0) is 13.5. The minimum absolute atomic E-state index is 0.147. The Morgan fingerprint density at radius 1 is 1.42 bits per heavy atom. The summed E-state index contributed by atoms with van der Waals surface area (Å²) in [6.07, 6.45) is 13.0. The SMILES string of the molecule is NC[C@@]1(CC(=O)O)C[C@@H]2CC(CC3CC=CC3)=C[C@@H]21. The Balaban J connectivity index is 1.65. The third kappa shape index (κ3) is 2.25. The normalized spacial score (nSPS) is 37.0. The number of rotatable bonds is 5. The molecule has 0 saturated heterocycles. The van der Waals surface area contributed by atoms with Crippen molar-refractivity contribution >= 4 is 5.97 Å². The summed E-state index contributed by atoms with van der Waals surface area (Å²) in [6.45, 7) is 0.509. The van der Waals surface area contributed by atoms with E-state index in [0.717, 1.165) is 12.3 Å². The quantitative estimate of drug-likeness (QED) is 0.748. The fraction of sp³-hybridized carbons (Fsp3) is 0.688. The van der Waals surface area contributed by atoms with E-state index >= 15 is 0 Å². The van der Waals surface area contributed by atoms with Gasteiger partial charge in [-0.05, 0) is 61.8 Å². The van der Waals surface area contributed by atoms with E-state index in [1.165, 1.54) is 25.7 Å². The number of nitrogens with two attached hydrogens (primary N) is 1. The molecule has 19 heavy (non-hydrogen) atoms. The summed E-state index contributed by atoms with van der Waals surface area (Å²) in [4.78, 5) is 11.0. The molecule has 0 aromatic carbocycles. The molecule has 3 nitrogen and oxygen atoms in total. The lowest BCUT2D eigenvalue weighted by atomic mass is 9.53. The number of carbonyl (C=O) groups is 1. The zero-order valence-electron chi connectivity index (χ0n) is 11.3. The molecular weight excluding hydrogens is 238 g/mol. The second-order valence-corrected chi connectivity index (χ2v) is 6.67. The van der Waals surface area contributed by atoms with Crippen LogP contribution in [0.4, 0.5) is 0 Å². The van der Waals surface area contributed by atoms with Crippen molar-refractivity contribution in [1.29, 1.82) is 0 Å². The molecule has 0 aliphatic heterocycles. The molecule has 3 rings (SSSR count). The Kier molecular flexibility index (Phi) is 3.25. The molecule has 3 aliphatic carbocycles. The summed E-state index contributed by atoms with van der Waals surface area (Å²) in [7, 11) is 0. The molecule has 3 atom stereocenters. The highest BCUT2D eigenvalue weighted by atomic mass is 16.4. The summed E-state index contributed by atoms with van der Waals surface area (Å²) in [6, 6.07) is 0. The summed E-state index contributed by atoms with van der Waals surface area (Å²) in [5, 5.41) is 9.08. The lowest BCUT2D eigenvalue weighted by Crippen LogP contribution is -2.51. The van der Waals surface area contributed by atoms with Gasteiger partial charge in [0, 0.05) is 0 Å². The van der Waals surface area contributed by atoms with Gasteiger partial charge in [0.05, 0.1) is 6.42 Å². The Labute approximate surface area is 114 Å². The maximum absolute atomic E-state index is 11.0. The minimum Gasteiger partial charge on any atom is -0.481 e. The van der Waals surface area contributed by atoms with Gasteiger partial charge in [0.1, 0.15) is 0 Å². The first kappa shape index (κ1) is 12.9. The van der Waals surface area contributed by atoms with Crippen molar-refractivity contribution in [2.24, 2.45) is 28.9 Å². The van der Waals surface area contributed by atoms with Crippen molar-refractivity contribution in [3.8, 4) is 0 Å². The average Bonchev–Trinajstić information content (AvgIpc) is 2.96. The molecule has 0 radical (unpaired) electrons. The first-order chi connectivity index (χ1) is 9.13. The van der Waals surface area contributed by atoms with Crippen molar-refractivity contribution in [3.05, 3.63) is 23.8 Å². The second-order valence-electron chi connectivity index (χ2n) is 6.67. The Bertz CT molecular complexity index is 432. The summed E-state index contributed by atoms with van der Waals surface area (Å²) >= 11 is 0. The maximum atomic E-state index is 11.0. The van der Waals surface area contributed by atoms with Crippen LogP contribution < -0.4 is 5.73 Å². The molecule has 3 N–H and O–H groups in total. The Morgan fingerprint density at radius 3 is 2.79 bits per heavy atom. The third-order valence-electron chi connectivity index (χ3n) is 5.39. The van der Waals surface area contributed by atoms with Crippen molar-refractivity contribution in [2.75, 3.05) is 6.54 Å². The predicted octanol–water partition coefficient (Wildman–Crippen LogP) is 2.73. The van der Waals surface area contributed by atoms with Crippen LogP contribution >= 0.6 is 0 Å². The number of fused-ring (bicyclic) bond motifs is 1. The second kappa shape index (κ2) is 4.78. The van der Waals surface area contributed by atoms with E-state index < -0.39 is 5.97 Å². The van der Waals surface area contributed by atoms with Crippen molar-refractivity contribution in [2.45, 2.75) is 38.5 Å². The molecule has 104 valence electrons. The number of hydrogen-bond acceptors (Lipinski definition) is 2. The van der Waals surface area contributed by atoms with Gasteiger partial charge in [0.25, 0.3) is 0 Å². The molecule has 1 fully saturated rings. The molecule has 3 aliphatic rings. The zero-order valence-corrected chi connectivity index (χ0v) is 11.3. The van der Waals surface area contributed by atoms with Crippen molar-refractivity contribution in [3.63, 3.8) is 0 Å². The van der Waals surface area contributed by atoms with E-state index in [-0.39, 0.29) is 11.8 Å². The van der Waals surface area contributed by atoms with E-state index in [2.05, 4.69) is 18.2 Å². The molecule has 0 aromatic rings. The summed E-state index contributed by atoms with van der Waals surface area (Å²) < 4.78 is 0. The van der Waals surface area contributed by atoms with E-state index in [9.17, 15) is 4.79 Å². The lowest BCUT2D eigenvalue weighted by Gasteiger charge is -2.51. The monoisotopic (exact) mass is 261 g/mol. The molecular formula is C16H23NO2. The molecule has 0 bridgehead atoms. The fourth-order valence-electron chi connectivity index (χ4n) is 4.44. The van der Waals surface area contributed by atoms with Gasteiger partial charge in [-0.25, -0.2) is 0 Å². The Hall–Kier alpha value is -1.09. The van der Waals surface area contributed by atoms with Gasteiger partial charge in [0.2, 0.25) is 0 Å². The van der Waals surface area contributed by atoms with Gasteiger partial charge in [-0.3, -0.25) is 4.79 Å². The van der Waals surface area contributed by atoms with Gasteiger partial charge >= 0.3 is 5.97 Å². The first-order valence-corrected chi connectivity index (χ1v) is 7.39. The largest absolute Gasteiger partial charge is 0.481 e. The number of hydrogen-bond donors (Lipinski definition) is 2. The number of allylic oxidation sites excluding steroid dienone is 4. The van der Waals surface area contributed by atoms with Crippen LogP contribution in [0.1, 0.15) is 38.5 Å². The van der Waals surface area contributed by atoms with Crippen LogP contribution in [-0.2, 0) is 4.79 Å². The molecule has 0 heterocycles. The van der Waals surface area contributed by atoms with Crippen LogP contribution in [-0.4, -0.2) is 17.6 Å². The average molecular weight is 261 g/mol. The standard InChI is InChI=1S/C16H23NO2/c17-10-16(9-15(18)19)8-13-6-12(7-14(13)16)5-11-3-1-2-4-11/h1-2,7,11,13-14H,3-6,8-10,17H2,(H,18,19)/t13-,14-,16-/m0/s1. The summed E-state index contributed by atoms with van der Waals surface area (Å²) in [5.41, 5.74) is 7.29.